The van der Waals surface area contributed by atoms with Gasteiger partial charge in [-0.2, -0.15) is 0 Å². The minimum absolute atomic E-state index is 0.00633. The van der Waals surface area contributed by atoms with Gasteiger partial charge in [0.15, 0.2) is 5.54 Å². The summed E-state index contributed by atoms with van der Waals surface area (Å²) >= 11 is 5.94. The first-order valence-corrected chi connectivity index (χ1v) is 9.66. The Bertz CT molecular complexity index is 1090. The molecule has 2 aromatic carbocycles. The number of halogens is 1. The number of hydrogen-bond acceptors (Lipinski definition) is 5. The zero-order valence-electron chi connectivity index (χ0n) is 16.4. The number of likely N-dealkylation sites (N-methyl/N-ethyl adjacent to an activating group) is 1. The van der Waals surface area contributed by atoms with Gasteiger partial charge in [-0.05, 0) is 30.3 Å². The predicted molar refractivity (Wildman–Crippen MR) is 111 cm³/mol. The average molecular weight is 427 g/mol. The zero-order chi connectivity index (χ0) is 21.6. The lowest BCUT2D eigenvalue weighted by atomic mass is 9.82. The van der Waals surface area contributed by atoms with Crippen molar-refractivity contribution in [1.82, 2.24) is 4.90 Å². The molecule has 0 radical (unpaired) electrons. The number of amides is 2. The minimum Gasteiger partial charge on any atom is -0.507 e. The van der Waals surface area contributed by atoms with E-state index in [4.69, 9.17) is 16.3 Å². The number of likely N-dealkylation sites (tertiary alicyclic amines) is 1. The molecule has 2 amide bonds. The molecule has 0 saturated carbocycles. The number of Topliss-reactive ketones (excluding diaryl/α,β-unsaturated/α-hetero) is 1. The molecule has 1 fully saturated rings. The Morgan fingerprint density at radius 2 is 1.77 bits per heavy atom. The third-order valence-electron chi connectivity index (χ3n) is 5.58. The lowest BCUT2D eigenvalue weighted by Gasteiger charge is -2.34. The first-order valence-electron chi connectivity index (χ1n) is 9.28. The number of benzene rings is 2. The van der Waals surface area contributed by atoms with Crippen molar-refractivity contribution in [3.63, 3.8) is 0 Å². The molecule has 0 aromatic heterocycles. The monoisotopic (exact) mass is 426 g/mol. The van der Waals surface area contributed by atoms with Crippen molar-refractivity contribution in [2.24, 2.45) is 0 Å². The highest BCUT2D eigenvalue weighted by atomic mass is 35.5. The van der Waals surface area contributed by atoms with Gasteiger partial charge in [-0.15, -0.1) is 0 Å². The summed E-state index contributed by atoms with van der Waals surface area (Å²) in [5.41, 5.74) is -0.713. The lowest BCUT2D eigenvalue weighted by molar-refractivity contribution is -0.144. The van der Waals surface area contributed by atoms with Gasteiger partial charge >= 0.3 is 0 Å². The lowest BCUT2D eigenvalue weighted by Crippen LogP contribution is -2.52. The summed E-state index contributed by atoms with van der Waals surface area (Å²) in [6, 6.07) is 13.1. The SMILES string of the molecule is COCCN1C(=O)C(=O)/C(=C(/O)c2ccc(Cl)cc2)C12C(=O)N(C)c1ccccc12. The molecule has 1 spiro atoms. The van der Waals surface area contributed by atoms with Gasteiger partial charge in [0.2, 0.25) is 0 Å². The standard InChI is InChI=1S/C22H19ClN2O5/c1-24-16-6-4-3-5-15(16)22(21(24)29)17(18(26)13-7-9-14(23)10-8-13)19(27)20(28)25(22)11-12-30-2/h3-10,26H,11-12H2,1-2H3/b18-17-. The molecule has 8 heteroatoms. The van der Waals surface area contributed by atoms with E-state index in [9.17, 15) is 19.5 Å². The van der Waals surface area contributed by atoms with E-state index in [-0.39, 0.29) is 24.3 Å². The van der Waals surface area contributed by atoms with Crippen LogP contribution >= 0.6 is 11.6 Å². The molecule has 30 heavy (non-hydrogen) atoms. The number of methoxy groups -OCH3 is 1. The third kappa shape index (κ3) is 2.59. The molecule has 0 aliphatic carbocycles. The Balaban J connectivity index is 2.05. The first-order chi connectivity index (χ1) is 14.4. The van der Waals surface area contributed by atoms with Crippen LogP contribution in [-0.4, -0.2) is 54.9 Å². The van der Waals surface area contributed by atoms with Crippen molar-refractivity contribution in [1.29, 1.82) is 0 Å². The number of aliphatic hydroxyl groups is 1. The molecule has 2 aliphatic rings. The number of para-hydroxylation sites is 1. The zero-order valence-corrected chi connectivity index (χ0v) is 17.1. The molecular weight excluding hydrogens is 408 g/mol. The van der Waals surface area contributed by atoms with Gasteiger partial charge in [-0.1, -0.05) is 29.8 Å². The van der Waals surface area contributed by atoms with E-state index < -0.39 is 28.9 Å². The topological polar surface area (TPSA) is 87.1 Å². The summed E-state index contributed by atoms with van der Waals surface area (Å²) < 4.78 is 5.11. The highest BCUT2D eigenvalue weighted by molar-refractivity contribution is 6.50. The Morgan fingerprint density at radius 1 is 1.10 bits per heavy atom. The number of aliphatic hydroxyl groups excluding tert-OH is 1. The second kappa shape index (κ2) is 7.27. The summed E-state index contributed by atoms with van der Waals surface area (Å²) in [6.07, 6.45) is 0. The van der Waals surface area contributed by atoms with E-state index in [0.29, 0.717) is 16.3 Å². The maximum atomic E-state index is 13.6. The van der Waals surface area contributed by atoms with Crippen LogP contribution in [0.2, 0.25) is 5.02 Å². The van der Waals surface area contributed by atoms with Crippen LogP contribution in [0.15, 0.2) is 54.1 Å². The van der Waals surface area contributed by atoms with Gasteiger partial charge < -0.3 is 19.6 Å². The molecule has 1 saturated heterocycles. The van der Waals surface area contributed by atoms with Crippen LogP contribution in [0, 0.1) is 0 Å². The molecule has 4 rings (SSSR count). The number of rotatable bonds is 4. The van der Waals surface area contributed by atoms with Gasteiger partial charge in [-0.25, -0.2) is 0 Å². The van der Waals surface area contributed by atoms with E-state index in [1.807, 2.05) is 0 Å². The number of hydrogen-bond donors (Lipinski definition) is 1. The predicted octanol–water partition coefficient (Wildman–Crippen LogP) is 2.54. The highest BCUT2D eigenvalue weighted by Crippen LogP contribution is 2.53. The van der Waals surface area contributed by atoms with Crippen molar-refractivity contribution in [3.8, 4) is 0 Å². The summed E-state index contributed by atoms with van der Waals surface area (Å²) in [5, 5.41) is 11.6. The van der Waals surface area contributed by atoms with E-state index >= 15 is 0 Å². The molecule has 0 bridgehead atoms. The highest BCUT2D eigenvalue weighted by Gasteiger charge is 2.66. The minimum atomic E-state index is -1.76. The molecule has 2 heterocycles. The summed E-state index contributed by atoms with van der Waals surface area (Å²) in [5.74, 6) is -2.70. The maximum Gasteiger partial charge on any atom is 0.296 e. The fourth-order valence-corrected chi connectivity index (χ4v) is 4.33. The molecule has 7 nitrogen and oxygen atoms in total. The van der Waals surface area contributed by atoms with Crippen LogP contribution in [0.5, 0.6) is 0 Å². The fourth-order valence-electron chi connectivity index (χ4n) is 4.21. The van der Waals surface area contributed by atoms with Crippen molar-refractivity contribution in [2.45, 2.75) is 5.54 Å². The molecule has 2 aliphatic heterocycles. The molecule has 2 aromatic rings. The van der Waals surface area contributed by atoms with Crippen molar-refractivity contribution < 1.29 is 24.2 Å². The van der Waals surface area contributed by atoms with Gasteiger partial charge in [0.25, 0.3) is 17.6 Å². The van der Waals surface area contributed by atoms with Gasteiger partial charge in [0.05, 0.1) is 12.2 Å². The summed E-state index contributed by atoms with van der Waals surface area (Å²) in [4.78, 5) is 42.4. The molecule has 1 unspecified atom stereocenters. The normalized spacial score (nSPS) is 22.3. The number of fused-ring (bicyclic) bond motifs is 2. The number of carbonyl (C=O) groups is 3. The van der Waals surface area contributed by atoms with Gasteiger partial charge in [0.1, 0.15) is 5.76 Å². The summed E-state index contributed by atoms with van der Waals surface area (Å²) in [6.45, 7) is 0.126. The molecule has 1 atom stereocenters. The van der Waals surface area contributed by atoms with Crippen LogP contribution in [0.3, 0.4) is 0 Å². The van der Waals surface area contributed by atoms with Crippen LogP contribution in [0.1, 0.15) is 11.1 Å². The van der Waals surface area contributed by atoms with E-state index in [0.717, 1.165) is 0 Å². The summed E-state index contributed by atoms with van der Waals surface area (Å²) in [7, 11) is 3.04. The van der Waals surface area contributed by atoms with E-state index in [2.05, 4.69) is 0 Å². The second-order valence-corrected chi connectivity index (χ2v) is 7.54. The van der Waals surface area contributed by atoms with Gasteiger partial charge in [0, 0.05) is 42.5 Å². The fraction of sp³-hybridized carbons (Fsp3) is 0.227. The number of ketones is 1. The number of ether oxygens (including phenoxy) is 1. The second-order valence-electron chi connectivity index (χ2n) is 7.10. The van der Waals surface area contributed by atoms with Crippen LogP contribution in [-0.2, 0) is 24.7 Å². The number of carbonyl (C=O) groups excluding carboxylic acids is 3. The van der Waals surface area contributed by atoms with Gasteiger partial charge in [-0.3, -0.25) is 14.4 Å². The largest absolute Gasteiger partial charge is 0.507 e. The quantitative estimate of drug-likeness (QED) is 0.461. The molecule has 1 N–H and O–H groups in total. The van der Waals surface area contributed by atoms with Crippen molar-refractivity contribution in [2.75, 3.05) is 32.2 Å². The first kappa shape index (κ1) is 20.1. The van der Waals surface area contributed by atoms with Crippen LogP contribution in [0.4, 0.5) is 5.69 Å². The average Bonchev–Trinajstić information content (AvgIpc) is 3.11. The van der Waals surface area contributed by atoms with Crippen LogP contribution in [0.25, 0.3) is 5.76 Å². The molecule has 154 valence electrons. The number of anilines is 1. The van der Waals surface area contributed by atoms with E-state index in [1.54, 1.807) is 43.4 Å². The third-order valence-corrected chi connectivity index (χ3v) is 5.83. The number of nitrogens with zero attached hydrogens (tertiary/aromatic N) is 2. The van der Waals surface area contributed by atoms with Crippen molar-refractivity contribution >= 4 is 40.6 Å². The Hall–Kier alpha value is -3.16. The smallest absolute Gasteiger partial charge is 0.296 e. The maximum absolute atomic E-state index is 13.6. The Morgan fingerprint density at radius 3 is 2.43 bits per heavy atom. The van der Waals surface area contributed by atoms with E-state index in [1.165, 1.54) is 29.0 Å². The molecular formula is C22H19ClN2O5. The Kier molecular flexibility index (Phi) is 4.88. The Labute approximate surface area is 178 Å². The van der Waals surface area contributed by atoms with Crippen molar-refractivity contribution in [3.05, 3.63) is 70.3 Å². The van der Waals surface area contributed by atoms with Crippen LogP contribution < -0.4 is 4.90 Å².